The Balaban J connectivity index is 1.75. The number of amides is 1. The Bertz CT molecular complexity index is 623. The fraction of sp³-hybridized carbons (Fsp3) is 0.353. The molecule has 0 radical (unpaired) electrons. The molecule has 2 unspecified atom stereocenters. The van der Waals surface area contributed by atoms with Crippen LogP contribution in [0.25, 0.3) is 10.8 Å². The van der Waals surface area contributed by atoms with Gasteiger partial charge < -0.3 is 10.6 Å². The fourth-order valence-corrected chi connectivity index (χ4v) is 2.86. The second-order valence-electron chi connectivity index (χ2n) is 5.61. The first-order valence-electron chi connectivity index (χ1n) is 7.25. The monoisotopic (exact) mass is 268 g/mol. The Morgan fingerprint density at radius 2 is 2.00 bits per heavy atom. The molecule has 3 rings (SSSR count). The molecule has 0 saturated carbocycles. The van der Waals surface area contributed by atoms with Crippen LogP contribution in [-0.2, 0) is 0 Å². The normalized spacial score (nSPS) is 22.6. The SMILES string of the molecule is CC1CC(NC(=O)c2ccc3ccccc3c2)CCN1. The van der Waals surface area contributed by atoms with Gasteiger partial charge in [0, 0.05) is 17.6 Å². The Morgan fingerprint density at radius 3 is 2.80 bits per heavy atom. The van der Waals surface area contributed by atoms with E-state index in [0.717, 1.165) is 30.3 Å². The molecule has 1 aliphatic rings. The van der Waals surface area contributed by atoms with E-state index in [1.165, 1.54) is 5.39 Å². The average molecular weight is 268 g/mol. The molecule has 3 heteroatoms. The average Bonchev–Trinajstić information content (AvgIpc) is 2.47. The highest BCUT2D eigenvalue weighted by atomic mass is 16.1. The molecule has 104 valence electrons. The van der Waals surface area contributed by atoms with Crippen LogP contribution in [0.5, 0.6) is 0 Å². The van der Waals surface area contributed by atoms with Crippen molar-refractivity contribution in [2.24, 2.45) is 0 Å². The minimum absolute atomic E-state index is 0.0369. The van der Waals surface area contributed by atoms with Crippen LogP contribution in [0.15, 0.2) is 42.5 Å². The molecule has 0 bridgehead atoms. The third-order valence-electron chi connectivity index (χ3n) is 3.97. The fourth-order valence-electron chi connectivity index (χ4n) is 2.86. The molecular formula is C17H20N2O. The van der Waals surface area contributed by atoms with Crippen molar-refractivity contribution in [2.75, 3.05) is 6.54 Å². The molecule has 1 saturated heterocycles. The number of carbonyl (C=O) groups excluding carboxylic acids is 1. The lowest BCUT2D eigenvalue weighted by Crippen LogP contribution is -2.46. The zero-order valence-electron chi connectivity index (χ0n) is 11.7. The lowest BCUT2D eigenvalue weighted by molar-refractivity contribution is 0.0926. The maximum absolute atomic E-state index is 12.3. The summed E-state index contributed by atoms with van der Waals surface area (Å²) in [5, 5.41) is 8.83. The van der Waals surface area contributed by atoms with Crippen molar-refractivity contribution in [2.45, 2.75) is 31.8 Å². The summed E-state index contributed by atoms with van der Waals surface area (Å²) in [5.41, 5.74) is 0.745. The van der Waals surface area contributed by atoms with Gasteiger partial charge in [0.15, 0.2) is 0 Å². The maximum atomic E-state index is 12.3. The Hall–Kier alpha value is -1.87. The van der Waals surface area contributed by atoms with E-state index < -0.39 is 0 Å². The summed E-state index contributed by atoms with van der Waals surface area (Å²) in [6, 6.07) is 14.8. The topological polar surface area (TPSA) is 41.1 Å². The van der Waals surface area contributed by atoms with E-state index in [0.29, 0.717) is 6.04 Å². The van der Waals surface area contributed by atoms with Gasteiger partial charge in [-0.05, 0) is 49.2 Å². The van der Waals surface area contributed by atoms with E-state index in [9.17, 15) is 4.79 Å². The van der Waals surface area contributed by atoms with Crippen LogP contribution in [0.4, 0.5) is 0 Å². The van der Waals surface area contributed by atoms with Gasteiger partial charge in [-0.25, -0.2) is 0 Å². The molecule has 2 atom stereocenters. The quantitative estimate of drug-likeness (QED) is 0.879. The predicted octanol–water partition coefficient (Wildman–Crippen LogP) is 2.71. The number of nitrogens with one attached hydrogen (secondary N) is 2. The van der Waals surface area contributed by atoms with E-state index in [2.05, 4.69) is 23.6 Å². The molecule has 2 aromatic carbocycles. The molecule has 2 aromatic rings. The summed E-state index contributed by atoms with van der Waals surface area (Å²) in [6.07, 6.45) is 2.00. The van der Waals surface area contributed by atoms with Crippen molar-refractivity contribution < 1.29 is 4.79 Å². The van der Waals surface area contributed by atoms with Crippen LogP contribution < -0.4 is 10.6 Å². The minimum atomic E-state index is 0.0369. The largest absolute Gasteiger partial charge is 0.349 e. The molecule has 1 aliphatic heterocycles. The van der Waals surface area contributed by atoms with Crippen molar-refractivity contribution in [3.05, 3.63) is 48.0 Å². The van der Waals surface area contributed by atoms with E-state index in [-0.39, 0.29) is 11.9 Å². The minimum Gasteiger partial charge on any atom is -0.349 e. The first-order valence-corrected chi connectivity index (χ1v) is 7.25. The number of hydrogen-bond acceptors (Lipinski definition) is 2. The van der Waals surface area contributed by atoms with E-state index in [4.69, 9.17) is 0 Å². The number of carbonyl (C=O) groups is 1. The molecular weight excluding hydrogens is 248 g/mol. The second kappa shape index (κ2) is 5.63. The van der Waals surface area contributed by atoms with Gasteiger partial charge in [-0.2, -0.15) is 0 Å². The third-order valence-corrected chi connectivity index (χ3v) is 3.97. The van der Waals surface area contributed by atoms with Crippen LogP contribution in [0.1, 0.15) is 30.1 Å². The van der Waals surface area contributed by atoms with Crippen LogP contribution in [0, 0.1) is 0 Å². The van der Waals surface area contributed by atoms with E-state index in [1.54, 1.807) is 0 Å². The molecule has 0 aromatic heterocycles. The van der Waals surface area contributed by atoms with Crippen LogP contribution >= 0.6 is 0 Å². The number of fused-ring (bicyclic) bond motifs is 1. The summed E-state index contributed by atoms with van der Waals surface area (Å²) >= 11 is 0. The zero-order valence-corrected chi connectivity index (χ0v) is 11.7. The predicted molar refractivity (Wildman–Crippen MR) is 81.9 cm³/mol. The number of benzene rings is 2. The van der Waals surface area contributed by atoms with Gasteiger partial charge in [0.05, 0.1) is 0 Å². The van der Waals surface area contributed by atoms with Gasteiger partial charge in [-0.1, -0.05) is 30.3 Å². The number of piperidine rings is 1. The summed E-state index contributed by atoms with van der Waals surface area (Å²) in [4.78, 5) is 12.3. The first-order chi connectivity index (χ1) is 9.72. The zero-order chi connectivity index (χ0) is 13.9. The van der Waals surface area contributed by atoms with Gasteiger partial charge >= 0.3 is 0 Å². The summed E-state index contributed by atoms with van der Waals surface area (Å²) in [6.45, 7) is 3.14. The van der Waals surface area contributed by atoms with E-state index in [1.807, 2.05) is 36.4 Å². The Kier molecular flexibility index (Phi) is 3.70. The van der Waals surface area contributed by atoms with Crippen molar-refractivity contribution in [1.82, 2.24) is 10.6 Å². The van der Waals surface area contributed by atoms with Crippen molar-refractivity contribution in [3.63, 3.8) is 0 Å². The van der Waals surface area contributed by atoms with Crippen molar-refractivity contribution in [1.29, 1.82) is 0 Å². The Morgan fingerprint density at radius 1 is 1.20 bits per heavy atom. The van der Waals surface area contributed by atoms with Gasteiger partial charge in [0.1, 0.15) is 0 Å². The molecule has 0 spiro atoms. The van der Waals surface area contributed by atoms with Crippen LogP contribution in [0.2, 0.25) is 0 Å². The smallest absolute Gasteiger partial charge is 0.251 e. The molecule has 20 heavy (non-hydrogen) atoms. The van der Waals surface area contributed by atoms with Gasteiger partial charge in [-0.15, -0.1) is 0 Å². The molecule has 1 heterocycles. The lowest BCUT2D eigenvalue weighted by Gasteiger charge is -2.28. The molecule has 1 fully saturated rings. The van der Waals surface area contributed by atoms with E-state index >= 15 is 0 Å². The van der Waals surface area contributed by atoms with Gasteiger partial charge in [-0.3, -0.25) is 4.79 Å². The molecule has 1 amide bonds. The van der Waals surface area contributed by atoms with Gasteiger partial charge in [0.25, 0.3) is 5.91 Å². The Labute approximate surface area is 119 Å². The summed E-state index contributed by atoms with van der Waals surface area (Å²) in [5.74, 6) is 0.0369. The summed E-state index contributed by atoms with van der Waals surface area (Å²) in [7, 11) is 0. The second-order valence-corrected chi connectivity index (χ2v) is 5.61. The van der Waals surface area contributed by atoms with Crippen molar-refractivity contribution in [3.8, 4) is 0 Å². The molecule has 2 N–H and O–H groups in total. The highest BCUT2D eigenvalue weighted by Crippen LogP contribution is 2.16. The number of rotatable bonds is 2. The number of hydrogen-bond donors (Lipinski definition) is 2. The van der Waals surface area contributed by atoms with Crippen LogP contribution in [-0.4, -0.2) is 24.5 Å². The van der Waals surface area contributed by atoms with Crippen molar-refractivity contribution >= 4 is 16.7 Å². The lowest BCUT2D eigenvalue weighted by atomic mass is 10.00. The summed E-state index contributed by atoms with van der Waals surface area (Å²) < 4.78 is 0. The maximum Gasteiger partial charge on any atom is 0.251 e. The molecule has 0 aliphatic carbocycles. The third kappa shape index (κ3) is 2.83. The first kappa shape index (κ1) is 13.1. The van der Waals surface area contributed by atoms with Crippen LogP contribution in [0.3, 0.4) is 0 Å². The molecule has 3 nitrogen and oxygen atoms in total. The van der Waals surface area contributed by atoms with Gasteiger partial charge in [0.2, 0.25) is 0 Å². The highest BCUT2D eigenvalue weighted by Gasteiger charge is 2.20. The standard InChI is InChI=1S/C17H20N2O/c1-12-10-16(8-9-18-12)19-17(20)15-7-6-13-4-2-3-5-14(13)11-15/h2-7,11-12,16,18H,8-10H2,1H3,(H,19,20). The highest BCUT2D eigenvalue weighted by molar-refractivity contribution is 5.98.